The van der Waals surface area contributed by atoms with E-state index in [1.165, 1.54) is 0 Å². The number of halogens is 1. The normalized spacial score (nSPS) is 10.1. The van der Waals surface area contributed by atoms with Crippen molar-refractivity contribution in [2.75, 3.05) is 5.32 Å². The van der Waals surface area contributed by atoms with Gasteiger partial charge < -0.3 is 11.1 Å². The van der Waals surface area contributed by atoms with Crippen LogP contribution in [-0.2, 0) is 6.54 Å². The van der Waals surface area contributed by atoms with Gasteiger partial charge in [0.2, 0.25) is 0 Å². The first kappa shape index (κ1) is 12.6. The summed E-state index contributed by atoms with van der Waals surface area (Å²) in [4.78, 5) is 15.3. The highest BCUT2D eigenvalue weighted by atomic mass is 79.9. The quantitative estimate of drug-likeness (QED) is 0.912. The average Bonchev–Trinajstić information content (AvgIpc) is 2.37. The Kier molecular flexibility index (Phi) is 3.94. The van der Waals surface area contributed by atoms with E-state index in [0.717, 1.165) is 10.0 Å². The van der Waals surface area contributed by atoms with Gasteiger partial charge >= 0.3 is 0 Å². The highest BCUT2D eigenvalue weighted by molar-refractivity contribution is 9.10. The summed E-state index contributed by atoms with van der Waals surface area (Å²) < 4.78 is 1.01. The lowest BCUT2D eigenvalue weighted by molar-refractivity contribution is 0.100. The molecule has 0 fully saturated rings. The molecular formula is C13H12BrN3O. The number of nitrogens with one attached hydrogen (secondary N) is 1. The third-order valence-corrected chi connectivity index (χ3v) is 2.92. The maximum Gasteiger partial charge on any atom is 0.252 e. The van der Waals surface area contributed by atoms with Gasteiger partial charge in [0.25, 0.3) is 5.91 Å². The standard InChI is InChI=1S/C13H12BrN3O/c14-10-4-1-3-9(7-10)8-17-13-11(12(15)18)5-2-6-16-13/h1-7H,8H2,(H2,15,18)(H,16,17). The smallest absolute Gasteiger partial charge is 0.252 e. The van der Waals surface area contributed by atoms with Gasteiger partial charge in [-0.25, -0.2) is 4.98 Å². The molecule has 0 atom stereocenters. The number of nitrogens with two attached hydrogens (primary N) is 1. The van der Waals surface area contributed by atoms with Crippen molar-refractivity contribution in [3.05, 3.63) is 58.2 Å². The van der Waals surface area contributed by atoms with Gasteiger partial charge in [0, 0.05) is 17.2 Å². The van der Waals surface area contributed by atoms with Gasteiger partial charge in [-0.2, -0.15) is 0 Å². The number of nitrogens with zero attached hydrogens (tertiary/aromatic N) is 1. The number of amides is 1. The number of carbonyl (C=O) groups excluding carboxylic acids is 1. The van der Waals surface area contributed by atoms with Gasteiger partial charge in [-0.05, 0) is 29.8 Å². The third kappa shape index (κ3) is 3.07. The zero-order valence-corrected chi connectivity index (χ0v) is 11.1. The van der Waals surface area contributed by atoms with E-state index >= 15 is 0 Å². The van der Waals surface area contributed by atoms with Crippen LogP contribution in [0.5, 0.6) is 0 Å². The molecule has 0 radical (unpaired) electrons. The number of rotatable bonds is 4. The van der Waals surface area contributed by atoms with E-state index in [9.17, 15) is 4.79 Å². The van der Waals surface area contributed by atoms with Crippen LogP contribution in [0.25, 0.3) is 0 Å². The summed E-state index contributed by atoms with van der Waals surface area (Å²) in [5.41, 5.74) is 6.77. The lowest BCUT2D eigenvalue weighted by Crippen LogP contribution is -2.15. The highest BCUT2D eigenvalue weighted by Crippen LogP contribution is 2.15. The van der Waals surface area contributed by atoms with Crippen LogP contribution in [0.4, 0.5) is 5.82 Å². The molecule has 0 saturated carbocycles. The molecule has 1 aromatic carbocycles. The van der Waals surface area contributed by atoms with E-state index in [0.29, 0.717) is 17.9 Å². The Morgan fingerprint density at radius 3 is 2.89 bits per heavy atom. The molecule has 4 nitrogen and oxygen atoms in total. The third-order valence-electron chi connectivity index (χ3n) is 2.42. The second-order valence-corrected chi connectivity index (χ2v) is 4.66. The topological polar surface area (TPSA) is 68.0 Å². The Balaban J connectivity index is 2.13. The fraction of sp³-hybridized carbons (Fsp3) is 0.0769. The fourth-order valence-electron chi connectivity index (χ4n) is 1.58. The molecule has 1 aromatic heterocycles. The molecule has 1 heterocycles. The minimum Gasteiger partial charge on any atom is -0.365 e. The summed E-state index contributed by atoms with van der Waals surface area (Å²) in [6.45, 7) is 0.580. The molecule has 2 aromatic rings. The first-order valence-electron chi connectivity index (χ1n) is 5.40. The molecule has 0 unspecified atom stereocenters. The van der Waals surface area contributed by atoms with Crippen molar-refractivity contribution in [1.29, 1.82) is 0 Å². The fourth-order valence-corrected chi connectivity index (χ4v) is 2.02. The van der Waals surface area contributed by atoms with Crippen LogP contribution < -0.4 is 11.1 Å². The highest BCUT2D eigenvalue weighted by Gasteiger charge is 2.07. The van der Waals surface area contributed by atoms with Gasteiger partial charge in [0.1, 0.15) is 5.82 Å². The van der Waals surface area contributed by atoms with Gasteiger partial charge in [-0.15, -0.1) is 0 Å². The van der Waals surface area contributed by atoms with Gasteiger partial charge in [0.15, 0.2) is 0 Å². The van der Waals surface area contributed by atoms with Crippen LogP contribution in [0.15, 0.2) is 47.1 Å². The molecular weight excluding hydrogens is 294 g/mol. The molecule has 18 heavy (non-hydrogen) atoms. The number of pyridine rings is 1. The number of primary amides is 1. The maximum absolute atomic E-state index is 11.2. The average molecular weight is 306 g/mol. The van der Waals surface area contributed by atoms with Crippen molar-refractivity contribution in [2.24, 2.45) is 5.73 Å². The summed E-state index contributed by atoms with van der Waals surface area (Å²) in [5, 5.41) is 3.11. The van der Waals surface area contributed by atoms with Crippen molar-refractivity contribution in [3.8, 4) is 0 Å². The summed E-state index contributed by atoms with van der Waals surface area (Å²) in [6, 6.07) is 11.2. The van der Waals surface area contributed by atoms with E-state index in [2.05, 4.69) is 26.2 Å². The first-order valence-corrected chi connectivity index (χ1v) is 6.19. The Labute approximate surface area is 113 Å². The number of hydrogen-bond acceptors (Lipinski definition) is 3. The molecule has 2 rings (SSSR count). The van der Waals surface area contributed by atoms with Crippen LogP contribution in [0, 0.1) is 0 Å². The Morgan fingerprint density at radius 2 is 2.17 bits per heavy atom. The molecule has 5 heteroatoms. The van der Waals surface area contributed by atoms with Crippen LogP contribution in [0.2, 0.25) is 0 Å². The maximum atomic E-state index is 11.2. The number of aromatic nitrogens is 1. The van der Waals surface area contributed by atoms with Crippen LogP contribution >= 0.6 is 15.9 Å². The zero-order valence-electron chi connectivity index (χ0n) is 9.56. The van der Waals surface area contributed by atoms with Crippen LogP contribution in [0.3, 0.4) is 0 Å². The summed E-state index contributed by atoms with van der Waals surface area (Å²) in [6.07, 6.45) is 1.62. The molecule has 0 spiro atoms. The Bertz CT molecular complexity index is 572. The monoisotopic (exact) mass is 305 g/mol. The van der Waals surface area contributed by atoms with Gasteiger partial charge in [-0.3, -0.25) is 4.79 Å². The Morgan fingerprint density at radius 1 is 1.33 bits per heavy atom. The predicted octanol–water partition coefficient (Wildman–Crippen LogP) is 2.56. The van der Waals surface area contributed by atoms with E-state index in [-0.39, 0.29) is 0 Å². The van der Waals surface area contributed by atoms with E-state index in [1.807, 2.05) is 24.3 Å². The largest absolute Gasteiger partial charge is 0.365 e. The molecule has 1 amide bonds. The molecule has 0 aliphatic rings. The number of anilines is 1. The summed E-state index contributed by atoms with van der Waals surface area (Å²) >= 11 is 3.41. The van der Waals surface area contributed by atoms with E-state index < -0.39 is 5.91 Å². The minimum absolute atomic E-state index is 0.396. The summed E-state index contributed by atoms with van der Waals surface area (Å²) in [7, 11) is 0. The van der Waals surface area contributed by atoms with Gasteiger partial charge in [0.05, 0.1) is 5.56 Å². The molecule has 92 valence electrons. The Hall–Kier alpha value is -1.88. The first-order chi connectivity index (χ1) is 8.66. The number of hydrogen-bond donors (Lipinski definition) is 2. The number of carbonyl (C=O) groups is 1. The molecule has 0 saturated heterocycles. The zero-order chi connectivity index (χ0) is 13.0. The van der Waals surface area contributed by atoms with Crippen LogP contribution in [0.1, 0.15) is 15.9 Å². The second kappa shape index (κ2) is 5.64. The molecule has 0 aliphatic carbocycles. The SMILES string of the molecule is NC(=O)c1cccnc1NCc1cccc(Br)c1. The molecule has 0 aliphatic heterocycles. The van der Waals surface area contributed by atoms with E-state index in [4.69, 9.17) is 5.73 Å². The molecule has 0 bridgehead atoms. The minimum atomic E-state index is -0.486. The second-order valence-electron chi connectivity index (χ2n) is 3.75. The molecule has 3 N–H and O–H groups in total. The number of benzene rings is 1. The van der Waals surface area contributed by atoms with Crippen molar-refractivity contribution >= 4 is 27.7 Å². The predicted molar refractivity (Wildman–Crippen MR) is 74.2 cm³/mol. The summed E-state index contributed by atoms with van der Waals surface area (Å²) in [5.74, 6) is 0.0183. The lowest BCUT2D eigenvalue weighted by Gasteiger charge is -2.08. The van der Waals surface area contributed by atoms with Crippen molar-refractivity contribution < 1.29 is 4.79 Å². The van der Waals surface area contributed by atoms with E-state index in [1.54, 1.807) is 18.3 Å². The van der Waals surface area contributed by atoms with Crippen molar-refractivity contribution in [2.45, 2.75) is 6.54 Å². The van der Waals surface area contributed by atoms with Crippen molar-refractivity contribution in [3.63, 3.8) is 0 Å². The van der Waals surface area contributed by atoms with Crippen LogP contribution in [-0.4, -0.2) is 10.9 Å². The van der Waals surface area contributed by atoms with Crippen molar-refractivity contribution in [1.82, 2.24) is 4.98 Å². The lowest BCUT2D eigenvalue weighted by atomic mass is 10.2. The van der Waals surface area contributed by atoms with Gasteiger partial charge in [-0.1, -0.05) is 28.1 Å².